The third-order valence-electron chi connectivity index (χ3n) is 4.27. The molecule has 0 saturated carbocycles. The van der Waals surface area contributed by atoms with Gasteiger partial charge in [-0.2, -0.15) is 0 Å². The van der Waals surface area contributed by atoms with Crippen molar-refractivity contribution in [2.24, 2.45) is 0 Å². The minimum absolute atomic E-state index is 0.132. The van der Waals surface area contributed by atoms with E-state index in [2.05, 4.69) is 22.5 Å². The third kappa shape index (κ3) is 1.98. The molecule has 20 heavy (non-hydrogen) atoms. The molecule has 0 aromatic heterocycles. The lowest BCUT2D eigenvalue weighted by molar-refractivity contribution is 0.0873. The number of anilines is 1. The van der Waals surface area contributed by atoms with Gasteiger partial charge in [0.2, 0.25) is 0 Å². The van der Waals surface area contributed by atoms with Crippen molar-refractivity contribution in [2.75, 3.05) is 24.5 Å². The van der Waals surface area contributed by atoms with E-state index in [1.165, 1.54) is 0 Å². The smallest absolute Gasteiger partial charge is 0.256 e. The molecule has 1 aromatic carbocycles. The molecule has 0 aliphatic carbocycles. The van der Waals surface area contributed by atoms with Crippen LogP contribution in [-0.4, -0.2) is 31.2 Å². The number of amides is 1. The highest BCUT2D eigenvalue weighted by atomic mass is 35.5. The van der Waals surface area contributed by atoms with Crippen LogP contribution in [0.1, 0.15) is 30.1 Å². The van der Waals surface area contributed by atoms with Crippen LogP contribution in [0.2, 0.25) is 10.0 Å². The maximum atomic E-state index is 12.5. The molecular weight excluding hydrogens is 297 g/mol. The first-order valence-corrected chi connectivity index (χ1v) is 7.63. The Morgan fingerprint density at radius 3 is 2.90 bits per heavy atom. The first-order chi connectivity index (χ1) is 9.59. The number of hydrogen-bond donors (Lipinski definition) is 2. The molecule has 4 nitrogen and oxygen atoms in total. The van der Waals surface area contributed by atoms with Gasteiger partial charge in [-0.15, -0.1) is 0 Å². The van der Waals surface area contributed by atoms with Crippen molar-refractivity contribution in [1.82, 2.24) is 10.6 Å². The highest BCUT2D eigenvalue weighted by Gasteiger charge is 2.43. The first-order valence-electron chi connectivity index (χ1n) is 6.88. The number of rotatable bonds is 1. The molecule has 2 N–H and O–H groups in total. The lowest BCUT2D eigenvalue weighted by atomic mass is 9.94. The minimum atomic E-state index is -0.329. The van der Waals surface area contributed by atoms with Crippen molar-refractivity contribution >= 4 is 34.8 Å². The third-order valence-corrected chi connectivity index (χ3v) is 5.07. The van der Waals surface area contributed by atoms with Gasteiger partial charge in [0.15, 0.2) is 0 Å². The molecule has 2 heterocycles. The summed E-state index contributed by atoms with van der Waals surface area (Å²) in [6, 6.07) is 3.66. The molecule has 1 aromatic rings. The molecule has 1 fully saturated rings. The largest absolute Gasteiger partial charge is 0.347 e. The van der Waals surface area contributed by atoms with E-state index < -0.39 is 0 Å². The van der Waals surface area contributed by atoms with Crippen molar-refractivity contribution in [3.8, 4) is 0 Å². The van der Waals surface area contributed by atoms with E-state index in [0.29, 0.717) is 15.6 Å². The summed E-state index contributed by atoms with van der Waals surface area (Å²) in [6.07, 6.45) is 1.72. The van der Waals surface area contributed by atoms with E-state index in [4.69, 9.17) is 23.2 Å². The lowest BCUT2D eigenvalue weighted by Crippen LogP contribution is -2.64. The molecule has 1 atom stereocenters. The summed E-state index contributed by atoms with van der Waals surface area (Å²) in [4.78, 5) is 14.7. The summed E-state index contributed by atoms with van der Waals surface area (Å²) in [5.74, 6) is -0.132. The van der Waals surface area contributed by atoms with E-state index in [9.17, 15) is 4.79 Å². The van der Waals surface area contributed by atoms with Crippen LogP contribution in [0.5, 0.6) is 0 Å². The molecule has 0 spiro atoms. The van der Waals surface area contributed by atoms with Crippen LogP contribution in [0.15, 0.2) is 12.1 Å². The van der Waals surface area contributed by atoms with Gasteiger partial charge >= 0.3 is 0 Å². The average Bonchev–Trinajstić information content (AvgIpc) is 2.65. The molecule has 0 unspecified atom stereocenters. The lowest BCUT2D eigenvalue weighted by Gasteiger charge is -2.48. The van der Waals surface area contributed by atoms with Gasteiger partial charge in [0.1, 0.15) is 5.66 Å². The molecule has 2 aliphatic heterocycles. The van der Waals surface area contributed by atoms with E-state index in [1.54, 1.807) is 6.07 Å². The van der Waals surface area contributed by atoms with Gasteiger partial charge in [-0.05, 0) is 25.1 Å². The zero-order valence-corrected chi connectivity index (χ0v) is 12.8. The Kier molecular flexibility index (Phi) is 3.56. The van der Waals surface area contributed by atoms with E-state index >= 15 is 0 Å². The molecule has 0 radical (unpaired) electrons. The van der Waals surface area contributed by atoms with Crippen molar-refractivity contribution < 1.29 is 4.79 Å². The fraction of sp³-hybridized carbons (Fsp3) is 0.500. The van der Waals surface area contributed by atoms with Crippen LogP contribution in [0.4, 0.5) is 5.69 Å². The van der Waals surface area contributed by atoms with Gasteiger partial charge in [-0.25, -0.2) is 0 Å². The van der Waals surface area contributed by atoms with Crippen molar-refractivity contribution in [2.45, 2.75) is 25.4 Å². The van der Waals surface area contributed by atoms with Gasteiger partial charge in [0.25, 0.3) is 5.91 Å². The summed E-state index contributed by atoms with van der Waals surface area (Å²) in [7, 11) is 0. The number of carbonyl (C=O) groups is 1. The Labute approximate surface area is 128 Å². The van der Waals surface area contributed by atoms with Gasteiger partial charge in [-0.3, -0.25) is 4.79 Å². The standard InChI is InChI=1S/C14H17Cl2N3O/c1-2-14-5-6-17-7-8-19(14)10-4-3-9(15)12(16)11(10)13(20)18-14/h3-4,17H,2,5-8H2,1H3,(H,18,20)/t14-/m0/s1. The Hall–Kier alpha value is -0.970. The predicted molar refractivity (Wildman–Crippen MR) is 81.8 cm³/mol. The molecule has 1 saturated heterocycles. The Bertz CT molecular complexity index is 564. The number of fused-ring (bicyclic) bond motifs is 3. The zero-order chi connectivity index (χ0) is 14.3. The average molecular weight is 314 g/mol. The highest BCUT2D eigenvalue weighted by Crippen LogP contribution is 2.41. The van der Waals surface area contributed by atoms with E-state index in [1.807, 2.05) is 6.07 Å². The van der Waals surface area contributed by atoms with E-state index in [-0.39, 0.29) is 11.6 Å². The molecule has 0 bridgehead atoms. The monoisotopic (exact) mass is 313 g/mol. The SMILES string of the molecule is CC[C@@]12CCNCCN1c1ccc(Cl)c(Cl)c1C(=O)N2. The van der Waals surface area contributed by atoms with Gasteiger partial charge in [-0.1, -0.05) is 30.1 Å². The summed E-state index contributed by atoms with van der Waals surface area (Å²) < 4.78 is 0. The highest BCUT2D eigenvalue weighted by molar-refractivity contribution is 6.44. The van der Waals surface area contributed by atoms with Crippen LogP contribution < -0.4 is 15.5 Å². The van der Waals surface area contributed by atoms with Crippen LogP contribution in [0.3, 0.4) is 0 Å². The maximum absolute atomic E-state index is 12.5. The van der Waals surface area contributed by atoms with Crippen molar-refractivity contribution in [3.05, 3.63) is 27.7 Å². The minimum Gasteiger partial charge on any atom is -0.347 e. The molecule has 1 amide bonds. The number of nitrogens with zero attached hydrogens (tertiary/aromatic N) is 1. The summed E-state index contributed by atoms with van der Waals surface area (Å²) >= 11 is 12.3. The van der Waals surface area contributed by atoms with Crippen molar-refractivity contribution in [1.29, 1.82) is 0 Å². The number of halogens is 2. The normalized spacial score (nSPS) is 25.6. The summed E-state index contributed by atoms with van der Waals surface area (Å²) in [6.45, 7) is 4.71. The molecule has 3 rings (SSSR count). The fourth-order valence-electron chi connectivity index (χ4n) is 3.15. The quantitative estimate of drug-likeness (QED) is 0.837. The molecular formula is C14H17Cl2N3O. The fourth-order valence-corrected chi connectivity index (χ4v) is 3.56. The molecule has 108 valence electrons. The Morgan fingerprint density at radius 1 is 1.35 bits per heavy atom. The maximum Gasteiger partial charge on any atom is 0.256 e. The second kappa shape index (κ2) is 5.10. The predicted octanol–water partition coefficient (Wildman–Crippen LogP) is 2.64. The summed E-state index contributed by atoms with van der Waals surface area (Å²) in [5, 5.41) is 7.28. The van der Waals surface area contributed by atoms with Crippen molar-refractivity contribution in [3.63, 3.8) is 0 Å². The Balaban J connectivity index is 2.18. The molecule has 6 heteroatoms. The topological polar surface area (TPSA) is 44.4 Å². The van der Waals surface area contributed by atoms with Crippen LogP contribution >= 0.6 is 23.2 Å². The summed E-state index contributed by atoms with van der Waals surface area (Å²) in [5.41, 5.74) is 1.05. The van der Waals surface area contributed by atoms with Crippen LogP contribution in [0, 0.1) is 0 Å². The first kappa shape index (κ1) is 14.0. The van der Waals surface area contributed by atoms with Gasteiger partial charge < -0.3 is 15.5 Å². The number of benzene rings is 1. The second-order valence-corrected chi connectivity index (χ2v) is 6.03. The van der Waals surface area contributed by atoms with Gasteiger partial charge in [0, 0.05) is 19.5 Å². The van der Waals surface area contributed by atoms with Crippen LogP contribution in [0.25, 0.3) is 0 Å². The molecule has 2 aliphatic rings. The second-order valence-electron chi connectivity index (χ2n) is 5.25. The number of hydrogen-bond acceptors (Lipinski definition) is 3. The van der Waals surface area contributed by atoms with Crippen LogP contribution in [-0.2, 0) is 0 Å². The zero-order valence-electron chi connectivity index (χ0n) is 11.3. The van der Waals surface area contributed by atoms with Gasteiger partial charge in [0.05, 0.1) is 21.3 Å². The number of nitrogens with one attached hydrogen (secondary N) is 2. The number of carbonyl (C=O) groups excluding carboxylic acids is 1. The van der Waals surface area contributed by atoms with E-state index in [0.717, 1.165) is 38.2 Å². The Morgan fingerprint density at radius 2 is 2.15 bits per heavy atom.